The number of hydrogen-bond acceptors (Lipinski definition) is 3. The molecule has 0 N–H and O–H groups in total. The van der Waals surface area contributed by atoms with Gasteiger partial charge in [-0.3, -0.25) is 0 Å². The maximum Gasteiger partial charge on any atom is 0.159 e. The van der Waals surface area contributed by atoms with Crippen LogP contribution in [0.1, 0.15) is 62.6 Å². The van der Waals surface area contributed by atoms with Crippen molar-refractivity contribution in [2.75, 3.05) is 0 Å². The fraction of sp³-hybridized carbons (Fsp3) is 0.385. The third-order valence-electron chi connectivity index (χ3n) is 5.13. The van der Waals surface area contributed by atoms with Gasteiger partial charge in [-0.2, -0.15) is 0 Å². The molecular formula is C26H32N2O. The first-order valence-electron chi connectivity index (χ1n) is 10.9. The number of hydrogen-bond donors (Lipinski definition) is 0. The first kappa shape index (κ1) is 21.0. The Bertz CT molecular complexity index is 839. The predicted molar refractivity (Wildman–Crippen MR) is 120 cm³/mol. The summed E-state index contributed by atoms with van der Waals surface area (Å²) in [4.78, 5) is 8.96. The Morgan fingerprint density at radius 2 is 1.28 bits per heavy atom. The van der Waals surface area contributed by atoms with Gasteiger partial charge in [-0.05, 0) is 36.0 Å². The lowest BCUT2D eigenvalue weighted by Gasteiger charge is -2.08. The summed E-state index contributed by atoms with van der Waals surface area (Å²) in [5.41, 5.74) is 4.95. The maximum absolute atomic E-state index is 5.84. The minimum absolute atomic E-state index is 0.530. The molecule has 0 bridgehead atoms. The van der Waals surface area contributed by atoms with Gasteiger partial charge in [0, 0.05) is 5.56 Å². The van der Waals surface area contributed by atoms with E-state index >= 15 is 0 Å². The van der Waals surface area contributed by atoms with Crippen LogP contribution in [0, 0.1) is 0 Å². The third-order valence-corrected chi connectivity index (χ3v) is 5.13. The summed E-state index contributed by atoms with van der Waals surface area (Å²) in [6.07, 6.45) is 12.1. The molecular weight excluding hydrogens is 356 g/mol. The molecule has 0 aliphatic rings. The minimum atomic E-state index is 0.530. The molecule has 1 aromatic heterocycles. The zero-order valence-electron chi connectivity index (χ0n) is 17.7. The number of aryl methyl sites for hydroxylation is 2. The largest absolute Gasteiger partial charge is 0.486 e. The number of unbranched alkanes of at least 4 members (excludes halogenated alkanes) is 3. The van der Waals surface area contributed by atoms with Gasteiger partial charge in [0.05, 0.1) is 12.4 Å². The van der Waals surface area contributed by atoms with E-state index in [2.05, 4.69) is 72.3 Å². The fourth-order valence-corrected chi connectivity index (χ4v) is 3.37. The van der Waals surface area contributed by atoms with Crippen LogP contribution in [0.5, 0.6) is 5.75 Å². The number of rotatable bonds is 11. The molecule has 0 amide bonds. The molecule has 0 aliphatic carbocycles. The average molecular weight is 389 g/mol. The van der Waals surface area contributed by atoms with Crippen LogP contribution in [0.2, 0.25) is 0 Å². The van der Waals surface area contributed by atoms with E-state index < -0.39 is 0 Å². The smallest absolute Gasteiger partial charge is 0.159 e. The van der Waals surface area contributed by atoms with Crippen LogP contribution in [0.4, 0.5) is 0 Å². The molecule has 0 unspecified atom stereocenters. The van der Waals surface area contributed by atoms with E-state index in [0.717, 1.165) is 29.8 Å². The fourth-order valence-electron chi connectivity index (χ4n) is 3.37. The number of aromatic nitrogens is 2. The van der Waals surface area contributed by atoms with E-state index in [1.54, 1.807) is 12.4 Å². The molecule has 3 heteroatoms. The quantitative estimate of drug-likeness (QED) is 0.339. The summed E-state index contributed by atoms with van der Waals surface area (Å²) in [6.45, 7) is 4.97. The highest BCUT2D eigenvalue weighted by atomic mass is 16.5. The normalized spacial score (nSPS) is 10.8. The first-order chi connectivity index (χ1) is 14.3. The number of benzene rings is 2. The van der Waals surface area contributed by atoms with Crippen LogP contribution in [0.15, 0.2) is 60.9 Å². The second kappa shape index (κ2) is 11.4. The van der Waals surface area contributed by atoms with Gasteiger partial charge in [-0.15, -0.1) is 0 Å². The molecule has 0 saturated carbocycles. The van der Waals surface area contributed by atoms with E-state index in [1.807, 2.05) is 0 Å². The van der Waals surface area contributed by atoms with Gasteiger partial charge in [0.2, 0.25) is 0 Å². The standard InChI is InChI=1S/C26H32N2O/c1-3-5-6-7-9-22-14-16-24(17-15-22)26-27-18-25(19-28-26)29-20-23-12-10-21(8-4-2)11-13-23/h10-19H,3-9,20H2,1-2H3. The van der Waals surface area contributed by atoms with E-state index in [4.69, 9.17) is 4.74 Å². The van der Waals surface area contributed by atoms with Crippen LogP contribution >= 0.6 is 0 Å². The lowest BCUT2D eigenvalue weighted by molar-refractivity contribution is 0.303. The molecule has 152 valence electrons. The Hall–Kier alpha value is -2.68. The third kappa shape index (κ3) is 6.70. The molecule has 0 atom stereocenters. The molecule has 0 fully saturated rings. The van der Waals surface area contributed by atoms with Gasteiger partial charge in [0.25, 0.3) is 0 Å². The van der Waals surface area contributed by atoms with Crippen LogP contribution < -0.4 is 4.74 Å². The molecule has 3 aromatic rings. The van der Waals surface area contributed by atoms with Gasteiger partial charge in [-0.25, -0.2) is 9.97 Å². The van der Waals surface area contributed by atoms with Crippen LogP contribution in [0.25, 0.3) is 11.4 Å². The number of nitrogens with zero attached hydrogens (tertiary/aromatic N) is 2. The Balaban J connectivity index is 1.51. The van der Waals surface area contributed by atoms with Gasteiger partial charge < -0.3 is 4.74 Å². The summed E-state index contributed by atoms with van der Waals surface area (Å²) < 4.78 is 5.84. The van der Waals surface area contributed by atoms with Crippen LogP contribution in [-0.4, -0.2) is 9.97 Å². The summed E-state index contributed by atoms with van der Waals surface area (Å²) in [6, 6.07) is 17.2. The van der Waals surface area contributed by atoms with Gasteiger partial charge in [0.15, 0.2) is 11.6 Å². The van der Waals surface area contributed by atoms with Crippen molar-refractivity contribution >= 4 is 0 Å². The highest BCUT2D eigenvalue weighted by Crippen LogP contribution is 2.19. The van der Waals surface area contributed by atoms with Gasteiger partial charge in [0.1, 0.15) is 6.61 Å². The van der Waals surface area contributed by atoms with Crippen molar-refractivity contribution in [1.82, 2.24) is 9.97 Å². The molecule has 1 heterocycles. The van der Waals surface area contributed by atoms with E-state index in [1.165, 1.54) is 43.2 Å². The molecule has 0 radical (unpaired) electrons. The Kier molecular flexibility index (Phi) is 8.24. The van der Waals surface area contributed by atoms with Crippen molar-refractivity contribution in [2.45, 2.75) is 65.4 Å². The van der Waals surface area contributed by atoms with Gasteiger partial charge in [-0.1, -0.05) is 88.1 Å². The van der Waals surface area contributed by atoms with Crippen LogP contribution in [-0.2, 0) is 19.4 Å². The highest BCUT2D eigenvalue weighted by molar-refractivity contribution is 5.55. The second-order valence-corrected chi connectivity index (χ2v) is 7.61. The van der Waals surface area contributed by atoms with Crippen LogP contribution in [0.3, 0.4) is 0 Å². The predicted octanol–water partition coefficient (Wildman–Crippen LogP) is 6.80. The minimum Gasteiger partial charge on any atom is -0.486 e. The Labute approximate surface area is 175 Å². The molecule has 2 aromatic carbocycles. The second-order valence-electron chi connectivity index (χ2n) is 7.61. The molecule has 0 aliphatic heterocycles. The Morgan fingerprint density at radius 1 is 0.655 bits per heavy atom. The van der Waals surface area contributed by atoms with Crippen molar-refractivity contribution in [2.24, 2.45) is 0 Å². The zero-order valence-corrected chi connectivity index (χ0v) is 17.7. The van der Waals surface area contributed by atoms with E-state index in [0.29, 0.717) is 12.4 Å². The Morgan fingerprint density at radius 3 is 1.93 bits per heavy atom. The molecule has 0 spiro atoms. The lowest BCUT2D eigenvalue weighted by atomic mass is 10.0. The first-order valence-corrected chi connectivity index (χ1v) is 10.9. The monoisotopic (exact) mass is 388 g/mol. The molecule has 3 nitrogen and oxygen atoms in total. The van der Waals surface area contributed by atoms with Crippen molar-refractivity contribution in [3.8, 4) is 17.1 Å². The van der Waals surface area contributed by atoms with Gasteiger partial charge >= 0.3 is 0 Å². The summed E-state index contributed by atoms with van der Waals surface area (Å²) >= 11 is 0. The topological polar surface area (TPSA) is 35.0 Å². The lowest BCUT2D eigenvalue weighted by Crippen LogP contribution is -1.98. The van der Waals surface area contributed by atoms with Crippen molar-refractivity contribution < 1.29 is 4.74 Å². The van der Waals surface area contributed by atoms with Crippen molar-refractivity contribution in [3.63, 3.8) is 0 Å². The van der Waals surface area contributed by atoms with E-state index in [9.17, 15) is 0 Å². The molecule has 0 saturated heterocycles. The molecule has 3 rings (SSSR count). The summed E-state index contributed by atoms with van der Waals surface area (Å²) in [5.74, 6) is 1.43. The highest BCUT2D eigenvalue weighted by Gasteiger charge is 2.04. The number of ether oxygens (including phenoxy) is 1. The van der Waals surface area contributed by atoms with E-state index in [-0.39, 0.29) is 0 Å². The maximum atomic E-state index is 5.84. The summed E-state index contributed by atoms with van der Waals surface area (Å²) in [7, 11) is 0. The SMILES string of the molecule is CCCCCCc1ccc(-c2ncc(OCc3ccc(CCC)cc3)cn2)cc1. The summed E-state index contributed by atoms with van der Waals surface area (Å²) in [5, 5.41) is 0. The zero-order chi connectivity index (χ0) is 20.3. The van der Waals surface area contributed by atoms with Crippen molar-refractivity contribution in [1.29, 1.82) is 0 Å². The van der Waals surface area contributed by atoms with Crippen molar-refractivity contribution in [3.05, 3.63) is 77.6 Å². The average Bonchev–Trinajstić information content (AvgIpc) is 2.77. The molecule has 29 heavy (non-hydrogen) atoms.